The first-order chi connectivity index (χ1) is 8.37. The molecule has 1 aromatic heterocycles. The quantitative estimate of drug-likeness (QED) is 0.479. The van der Waals surface area contributed by atoms with Gasteiger partial charge in [-0.15, -0.1) is 0 Å². The topological polar surface area (TPSA) is 83.4 Å². The van der Waals surface area contributed by atoms with Crippen molar-refractivity contribution in [2.24, 2.45) is 14.1 Å². The largest absolute Gasteiger partial charge is 0.673 e. The normalized spacial score (nSPS) is 10.7. The molecule has 1 aromatic rings. The van der Waals surface area contributed by atoms with Crippen molar-refractivity contribution in [2.45, 2.75) is 6.92 Å². The van der Waals surface area contributed by atoms with Gasteiger partial charge in [-0.2, -0.15) is 0 Å². The molecule has 0 radical (unpaired) electrons. The molecule has 0 saturated carbocycles. The average molecular weight is 286 g/mol. The summed E-state index contributed by atoms with van der Waals surface area (Å²) >= 11 is 0. The van der Waals surface area contributed by atoms with Gasteiger partial charge in [0.25, 0.3) is 17.2 Å². The van der Waals surface area contributed by atoms with Gasteiger partial charge >= 0.3 is 19.2 Å². The van der Waals surface area contributed by atoms with E-state index in [1.54, 1.807) is 6.92 Å². The maximum Gasteiger partial charge on any atom is 0.673 e. The highest BCUT2D eigenvalue weighted by atomic mass is 19.5. The predicted molar refractivity (Wildman–Crippen MR) is 55.4 cm³/mol. The van der Waals surface area contributed by atoms with E-state index < -0.39 is 19.2 Å². The smallest absolute Gasteiger partial charge is 0.475 e. The Morgan fingerprint density at radius 1 is 1.16 bits per heavy atom. The van der Waals surface area contributed by atoms with Gasteiger partial charge < -0.3 is 27.5 Å². The molecule has 0 atom stereocenters. The Bertz CT molecular complexity index is 468. The number of carbonyl (C=O) groups is 2. The summed E-state index contributed by atoms with van der Waals surface area (Å²) in [5, 5.41) is 17.7. The number of hydrogen-bond donors (Lipinski definition) is 2. The summed E-state index contributed by atoms with van der Waals surface area (Å²) in [6, 6.07) is 0. The van der Waals surface area contributed by atoms with Crippen molar-refractivity contribution in [1.29, 1.82) is 0 Å². The van der Waals surface area contributed by atoms with E-state index in [-0.39, 0.29) is 11.4 Å². The maximum absolute atomic E-state index is 10.8. The summed E-state index contributed by atoms with van der Waals surface area (Å²) in [7, 11) is -2.96. The summed E-state index contributed by atoms with van der Waals surface area (Å²) in [6.07, 6.45) is 0. The van der Waals surface area contributed by atoms with Crippen LogP contribution in [-0.4, -0.2) is 34.0 Å². The van der Waals surface area contributed by atoms with Crippen LogP contribution >= 0.6 is 0 Å². The van der Waals surface area contributed by atoms with Crippen molar-refractivity contribution in [3.63, 3.8) is 0 Å². The standard InChI is InChI=1S/C8H10N2O4.BF4/c1-4-9(2)5(7(11)12)6(8(13)14)10(4)3;2-1(3,4)5/h1-3H3,(H-,11,12,13,14);/q;-1/p+1. The Morgan fingerprint density at radius 2 is 1.53 bits per heavy atom. The van der Waals surface area contributed by atoms with E-state index in [0.717, 1.165) is 0 Å². The number of imidazole rings is 1. The van der Waals surface area contributed by atoms with Gasteiger partial charge in [-0.25, -0.2) is 18.7 Å². The number of carboxylic acids is 2. The Balaban J connectivity index is 0.000000555. The second-order valence-electron chi connectivity index (χ2n) is 3.47. The maximum atomic E-state index is 10.8. The molecule has 1 heterocycles. The molecule has 0 aromatic carbocycles. The molecule has 0 aliphatic rings. The van der Waals surface area contributed by atoms with Crippen LogP contribution in [-0.2, 0) is 14.1 Å². The van der Waals surface area contributed by atoms with E-state index in [1.807, 2.05) is 0 Å². The lowest BCUT2D eigenvalue weighted by Crippen LogP contribution is -2.37. The molecule has 2 N–H and O–H groups in total. The van der Waals surface area contributed by atoms with Crippen LogP contribution in [0.15, 0.2) is 0 Å². The van der Waals surface area contributed by atoms with Crippen molar-refractivity contribution in [2.75, 3.05) is 0 Å². The highest BCUT2D eigenvalue weighted by Crippen LogP contribution is 2.07. The molecule has 0 saturated heterocycles. The van der Waals surface area contributed by atoms with E-state index in [1.165, 1.54) is 23.2 Å². The van der Waals surface area contributed by atoms with Crippen LogP contribution in [0.25, 0.3) is 0 Å². The summed E-state index contributed by atoms with van der Waals surface area (Å²) in [5.41, 5.74) is -0.421. The molecule has 0 aliphatic heterocycles. The van der Waals surface area contributed by atoms with Gasteiger partial charge in [-0.3, -0.25) is 0 Å². The molecule has 0 aliphatic carbocycles. The molecule has 0 bridgehead atoms. The summed E-state index contributed by atoms with van der Waals surface area (Å²) in [5.74, 6) is -1.91. The van der Waals surface area contributed by atoms with Crippen molar-refractivity contribution in [3.8, 4) is 0 Å². The lowest BCUT2D eigenvalue weighted by Gasteiger charge is -1.94. The third-order valence-corrected chi connectivity index (χ3v) is 2.27. The van der Waals surface area contributed by atoms with Crippen molar-refractivity contribution in [1.82, 2.24) is 4.57 Å². The van der Waals surface area contributed by atoms with Crippen LogP contribution < -0.4 is 4.57 Å². The minimum Gasteiger partial charge on any atom is -0.475 e. The van der Waals surface area contributed by atoms with Crippen LogP contribution in [0, 0.1) is 6.92 Å². The molecule has 0 amide bonds. The average Bonchev–Trinajstić information content (AvgIpc) is 2.39. The second-order valence-corrected chi connectivity index (χ2v) is 3.47. The number of halogens is 4. The Labute approximate surface area is 105 Å². The van der Waals surface area contributed by atoms with Gasteiger partial charge in [-0.05, 0) is 0 Å². The number of carboxylic acid groups (broad SMARTS) is 2. The van der Waals surface area contributed by atoms with Crippen LogP contribution in [0.2, 0.25) is 0 Å². The summed E-state index contributed by atoms with van der Waals surface area (Å²) < 4.78 is 41.7. The number of aromatic nitrogens is 2. The van der Waals surface area contributed by atoms with Gasteiger partial charge in [0, 0.05) is 6.92 Å². The van der Waals surface area contributed by atoms with Gasteiger partial charge in [0.2, 0.25) is 0 Å². The lowest BCUT2D eigenvalue weighted by molar-refractivity contribution is -0.679. The Kier molecular flexibility index (Phi) is 5.10. The third kappa shape index (κ3) is 4.60. The highest BCUT2D eigenvalue weighted by Gasteiger charge is 2.33. The summed E-state index contributed by atoms with van der Waals surface area (Å²) in [6.45, 7) is 1.65. The molecule has 1 rings (SSSR count). The minimum atomic E-state index is -6.00. The van der Waals surface area contributed by atoms with E-state index in [2.05, 4.69) is 0 Å². The molecule has 0 spiro atoms. The minimum absolute atomic E-state index is 0.211. The molecular formula is C8H11BF4N2O4. The lowest BCUT2D eigenvalue weighted by atomic mass is 10.3. The second kappa shape index (κ2) is 5.72. The molecule has 108 valence electrons. The number of nitrogens with zero attached hydrogens (tertiary/aromatic N) is 2. The zero-order chi connectivity index (χ0) is 15.5. The number of aromatic carboxylic acids is 2. The molecular weight excluding hydrogens is 275 g/mol. The van der Waals surface area contributed by atoms with Gasteiger partial charge in [-0.1, -0.05) is 0 Å². The first kappa shape index (κ1) is 16.9. The first-order valence-corrected chi connectivity index (χ1v) is 4.77. The van der Waals surface area contributed by atoms with Gasteiger partial charge in [0.1, 0.15) is 0 Å². The third-order valence-electron chi connectivity index (χ3n) is 2.27. The molecule has 0 fully saturated rings. The fourth-order valence-electron chi connectivity index (χ4n) is 1.36. The first-order valence-electron chi connectivity index (χ1n) is 4.77. The van der Waals surface area contributed by atoms with Gasteiger partial charge in [0.05, 0.1) is 14.1 Å². The Morgan fingerprint density at radius 3 is 1.74 bits per heavy atom. The van der Waals surface area contributed by atoms with E-state index in [4.69, 9.17) is 10.2 Å². The Hall–Kier alpha value is -2.07. The molecule has 19 heavy (non-hydrogen) atoms. The highest BCUT2D eigenvalue weighted by molar-refractivity contribution is 6.50. The summed E-state index contributed by atoms with van der Waals surface area (Å²) in [4.78, 5) is 21.6. The van der Waals surface area contributed by atoms with E-state index in [0.29, 0.717) is 5.82 Å². The fourth-order valence-corrected chi connectivity index (χ4v) is 1.36. The van der Waals surface area contributed by atoms with Crippen LogP contribution in [0.5, 0.6) is 0 Å². The monoisotopic (exact) mass is 286 g/mol. The van der Waals surface area contributed by atoms with Crippen molar-refractivity contribution >= 4 is 19.2 Å². The van der Waals surface area contributed by atoms with E-state index >= 15 is 0 Å². The van der Waals surface area contributed by atoms with Crippen LogP contribution in [0.4, 0.5) is 17.3 Å². The van der Waals surface area contributed by atoms with Crippen molar-refractivity contribution < 1.29 is 41.6 Å². The molecule has 0 unspecified atom stereocenters. The van der Waals surface area contributed by atoms with Crippen LogP contribution in [0.3, 0.4) is 0 Å². The van der Waals surface area contributed by atoms with Crippen molar-refractivity contribution in [3.05, 3.63) is 17.2 Å². The molecule has 6 nitrogen and oxygen atoms in total. The van der Waals surface area contributed by atoms with Crippen LogP contribution in [0.1, 0.15) is 26.8 Å². The SMILES string of the molecule is Cc1n(C)c(C(=O)O)c(C(=O)O)[n+]1C.F[B-](F)(F)F. The fraction of sp³-hybridized carbons (Fsp3) is 0.375. The number of rotatable bonds is 2. The number of hydrogen-bond acceptors (Lipinski definition) is 2. The predicted octanol–water partition coefficient (Wildman–Crippen LogP) is 0.854. The zero-order valence-corrected chi connectivity index (χ0v) is 10.2. The van der Waals surface area contributed by atoms with E-state index in [9.17, 15) is 26.9 Å². The zero-order valence-electron chi connectivity index (χ0n) is 10.2. The molecule has 11 heteroatoms. The van der Waals surface area contributed by atoms with Gasteiger partial charge in [0.15, 0.2) is 0 Å².